The summed E-state index contributed by atoms with van der Waals surface area (Å²) in [4.78, 5) is 0.312. The number of hydrogen-bond donors (Lipinski definition) is 1. The van der Waals surface area contributed by atoms with Gasteiger partial charge in [0.2, 0.25) is 20.0 Å². The Morgan fingerprint density at radius 2 is 1.62 bits per heavy atom. The first kappa shape index (κ1) is 22.0. The van der Waals surface area contributed by atoms with E-state index in [1.165, 1.54) is 29.6 Å². The van der Waals surface area contributed by atoms with E-state index in [1.807, 2.05) is 0 Å². The molecule has 1 heterocycles. The van der Waals surface area contributed by atoms with E-state index >= 15 is 0 Å². The molecule has 2 aromatic rings. The molecule has 0 aliphatic carbocycles. The Kier molecular flexibility index (Phi) is 6.85. The van der Waals surface area contributed by atoms with Crippen LogP contribution in [-0.2, 0) is 26.5 Å². The molecule has 1 aliphatic rings. The minimum absolute atomic E-state index is 0.0513. The minimum Gasteiger partial charge on any atom is -0.495 e. The summed E-state index contributed by atoms with van der Waals surface area (Å²) in [5.74, 6) is 0.398. The Hall–Kier alpha value is -1.65. The van der Waals surface area contributed by atoms with Crippen LogP contribution in [0, 0.1) is 0 Å². The van der Waals surface area contributed by atoms with Gasteiger partial charge in [-0.3, -0.25) is 0 Å². The van der Waals surface area contributed by atoms with Gasteiger partial charge in [-0.05, 0) is 55.2 Å². The van der Waals surface area contributed by atoms with Crippen molar-refractivity contribution in [2.24, 2.45) is 0 Å². The zero-order chi connectivity index (χ0) is 21.1. The molecule has 1 aliphatic heterocycles. The van der Waals surface area contributed by atoms with Gasteiger partial charge in [0.05, 0.1) is 21.9 Å². The third-order valence-corrected chi connectivity index (χ3v) is 8.43. The second-order valence-electron chi connectivity index (χ2n) is 6.70. The highest BCUT2D eigenvalue weighted by atomic mass is 35.5. The van der Waals surface area contributed by atoms with Crippen molar-refractivity contribution in [3.05, 3.63) is 53.1 Å². The van der Waals surface area contributed by atoms with E-state index in [9.17, 15) is 16.8 Å². The van der Waals surface area contributed by atoms with Crippen LogP contribution in [0.5, 0.6) is 5.75 Å². The number of rotatable bonds is 8. The fourth-order valence-corrected chi connectivity index (χ4v) is 6.03. The second-order valence-corrected chi connectivity index (χ2v) is 10.8. The normalized spacial score (nSPS) is 15.5. The van der Waals surface area contributed by atoms with Crippen molar-refractivity contribution in [2.75, 3.05) is 26.7 Å². The smallest absolute Gasteiger partial charge is 0.243 e. The Bertz CT molecular complexity index is 1060. The number of halogens is 1. The van der Waals surface area contributed by atoms with Crippen LogP contribution in [0.25, 0.3) is 0 Å². The lowest BCUT2D eigenvalue weighted by Gasteiger charge is -2.15. The van der Waals surface area contributed by atoms with Gasteiger partial charge in [0.15, 0.2) is 0 Å². The zero-order valence-electron chi connectivity index (χ0n) is 16.0. The van der Waals surface area contributed by atoms with Crippen molar-refractivity contribution < 1.29 is 21.6 Å². The Morgan fingerprint density at radius 3 is 2.21 bits per heavy atom. The van der Waals surface area contributed by atoms with Gasteiger partial charge in [-0.25, -0.2) is 21.6 Å². The fraction of sp³-hybridized carbons (Fsp3) is 0.368. The highest BCUT2D eigenvalue weighted by molar-refractivity contribution is 7.89. The third-order valence-electron chi connectivity index (χ3n) is 4.77. The average molecular weight is 459 g/mol. The molecule has 1 saturated heterocycles. The van der Waals surface area contributed by atoms with E-state index in [1.54, 1.807) is 24.3 Å². The maximum absolute atomic E-state index is 12.5. The van der Waals surface area contributed by atoms with E-state index < -0.39 is 20.0 Å². The van der Waals surface area contributed by atoms with Gasteiger partial charge in [0.1, 0.15) is 5.75 Å². The molecular weight excluding hydrogens is 436 g/mol. The molecule has 0 radical (unpaired) electrons. The molecule has 2 aromatic carbocycles. The largest absolute Gasteiger partial charge is 0.495 e. The first-order valence-corrected chi connectivity index (χ1v) is 12.5. The summed E-state index contributed by atoms with van der Waals surface area (Å²) in [6.45, 7) is 1.28. The molecule has 1 N–H and O–H groups in total. The molecule has 158 valence electrons. The summed E-state index contributed by atoms with van der Waals surface area (Å²) >= 11 is 5.99. The molecule has 7 nitrogen and oxygen atoms in total. The summed E-state index contributed by atoms with van der Waals surface area (Å²) in [6, 6.07) is 10.8. The lowest BCUT2D eigenvalue weighted by molar-refractivity contribution is 0.414. The average Bonchev–Trinajstić information content (AvgIpc) is 3.24. The Morgan fingerprint density at radius 1 is 1.00 bits per heavy atom. The van der Waals surface area contributed by atoms with E-state index in [4.69, 9.17) is 16.3 Å². The monoisotopic (exact) mass is 458 g/mol. The van der Waals surface area contributed by atoms with Crippen molar-refractivity contribution in [3.8, 4) is 5.75 Å². The third kappa shape index (κ3) is 5.10. The molecule has 0 saturated carbocycles. The van der Waals surface area contributed by atoms with Crippen LogP contribution in [-0.4, -0.2) is 47.9 Å². The van der Waals surface area contributed by atoms with Crippen LogP contribution >= 0.6 is 11.6 Å². The van der Waals surface area contributed by atoms with Crippen molar-refractivity contribution in [1.82, 2.24) is 9.03 Å². The van der Waals surface area contributed by atoms with Crippen LogP contribution in [0.15, 0.2) is 52.3 Å². The van der Waals surface area contributed by atoms with Crippen molar-refractivity contribution in [1.29, 1.82) is 0 Å². The number of benzene rings is 2. The van der Waals surface area contributed by atoms with E-state index in [-0.39, 0.29) is 21.4 Å². The summed E-state index contributed by atoms with van der Waals surface area (Å²) in [6.07, 6.45) is 2.20. The lowest BCUT2D eigenvalue weighted by atomic mass is 10.2. The van der Waals surface area contributed by atoms with Gasteiger partial charge < -0.3 is 4.74 Å². The van der Waals surface area contributed by atoms with Gasteiger partial charge in [0.25, 0.3) is 0 Å². The molecule has 0 bridgehead atoms. The van der Waals surface area contributed by atoms with Gasteiger partial charge >= 0.3 is 0 Å². The van der Waals surface area contributed by atoms with Gasteiger partial charge in [0, 0.05) is 19.6 Å². The number of ether oxygens (including phenoxy) is 1. The summed E-state index contributed by atoms with van der Waals surface area (Å²) in [5, 5.41) is 0.213. The molecule has 0 unspecified atom stereocenters. The van der Waals surface area contributed by atoms with Crippen LogP contribution < -0.4 is 9.46 Å². The first-order chi connectivity index (χ1) is 13.7. The van der Waals surface area contributed by atoms with Gasteiger partial charge in [-0.2, -0.15) is 4.31 Å². The summed E-state index contributed by atoms with van der Waals surface area (Å²) in [7, 11) is -5.71. The molecule has 0 spiro atoms. The molecule has 3 rings (SSSR count). The predicted molar refractivity (Wildman–Crippen MR) is 111 cm³/mol. The second kappa shape index (κ2) is 9.01. The van der Waals surface area contributed by atoms with Gasteiger partial charge in [-0.15, -0.1) is 0 Å². The maximum Gasteiger partial charge on any atom is 0.243 e. The molecule has 0 amide bonds. The van der Waals surface area contributed by atoms with Crippen LogP contribution in [0.2, 0.25) is 5.02 Å². The van der Waals surface area contributed by atoms with E-state index in [0.29, 0.717) is 25.3 Å². The van der Waals surface area contributed by atoms with Crippen LogP contribution in [0.3, 0.4) is 0 Å². The number of nitrogens with one attached hydrogen (secondary N) is 1. The molecule has 10 heteroatoms. The molecule has 0 atom stereocenters. The standard InChI is InChI=1S/C19H23ClN2O5S2/c1-27-19-9-8-17(14-18(19)20)28(23,24)21-11-10-15-4-6-16(7-5-15)29(25,26)22-12-2-3-13-22/h4-9,14,21H,2-3,10-13H2,1H3. The zero-order valence-corrected chi connectivity index (χ0v) is 18.4. The highest BCUT2D eigenvalue weighted by Crippen LogP contribution is 2.27. The number of sulfonamides is 2. The molecule has 29 heavy (non-hydrogen) atoms. The molecule has 0 aromatic heterocycles. The summed E-state index contributed by atoms with van der Waals surface area (Å²) < 4.78 is 58.9. The molecular formula is C19H23ClN2O5S2. The Labute approximate surface area is 176 Å². The lowest BCUT2D eigenvalue weighted by Crippen LogP contribution is -2.28. The van der Waals surface area contributed by atoms with Crippen molar-refractivity contribution in [2.45, 2.75) is 29.1 Å². The first-order valence-electron chi connectivity index (χ1n) is 9.16. The number of nitrogens with zero attached hydrogens (tertiary/aromatic N) is 1. The number of hydrogen-bond acceptors (Lipinski definition) is 5. The van der Waals surface area contributed by atoms with Gasteiger partial charge in [-0.1, -0.05) is 23.7 Å². The van der Waals surface area contributed by atoms with Crippen LogP contribution in [0.1, 0.15) is 18.4 Å². The SMILES string of the molecule is COc1ccc(S(=O)(=O)NCCc2ccc(S(=O)(=O)N3CCCC3)cc2)cc1Cl. The maximum atomic E-state index is 12.5. The minimum atomic E-state index is -3.71. The Balaban J connectivity index is 1.61. The number of methoxy groups -OCH3 is 1. The van der Waals surface area contributed by atoms with E-state index in [0.717, 1.165) is 18.4 Å². The molecule has 1 fully saturated rings. The predicted octanol–water partition coefficient (Wildman–Crippen LogP) is 2.65. The van der Waals surface area contributed by atoms with Crippen molar-refractivity contribution >= 4 is 31.6 Å². The summed E-state index contributed by atoms with van der Waals surface area (Å²) in [5.41, 5.74) is 0.834. The topological polar surface area (TPSA) is 92.8 Å². The van der Waals surface area contributed by atoms with E-state index in [2.05, 4.69) is 4.72 Å². The highest BCUT2D eigenvalue weighted by Gasteiger charge is 2.26. The quantitative estimate of drug-likeness (QED) is 0.656. The van der Waals surface area contributed by atoms with Crippen LogP contribution in [0.4, 0.5) is 0 Å². The fourth-order valence-electron chi connectivity index (χ4n) is 3.13. The van der Waals surface area contributed by atoms with Crippen molar-refractivity contribution in [3.63, 3.8) is 0 Å².